The molecule has 7 heteroatoms. The van der Waals surface area contributed by atoms with Gasteiger partial charge in [-0.05, 0) is 55.2 Å². The number of hydrogen-bond acceptors (Lipinski definition) is 6. The van der Waals surface area contributed by atoms with Crippen molar-refractivity contribution in [1.29, 1.82) is 0 Å². The number of phenolic OH excluding ortho intramolecular Hbond substituents is 1. The van der Waals surface area contributed by atoms with Crippen molar-refractivity contribution in [3.8, 4) is 17.2 Å². The Labute approximate surface area is 216 Å². The number of ketones is 1. The number of benzene rings is 3. The van der Waals surface area contributed by atoms with Gasteiger partial charge in [0.1, 0.15) is 11.5 Å². The Kier molecular flexibility index (Phi) is 8.13. The monoisotopic (exact) mass is 501 g/mol. The van der Waals surface area contributed by atoms with Crippen molar-refractivity contribution in [2.45, 2.75) is 32.7 Å². The molecule has 7 nitrogen and oxygen atoms in total. The summed E-state index contributed by atoms with van der Waals surface area (Å²) < 4.78 is 11.2. The van der Waals surface area contributed by atoms with Crippen molar-refractivity contribution < 1.29 is 29.3 Å². The second-order valence-electron chi connectivity index (χ2n) is 8.76. The molecule has 0 bridgehead atoms. The predicted molar refractivity (Wildman–Crippen MR) is 141 cm³/mol. The second-order valence-corrected chi connectivity index (χ2v) is 8.76. The Morgan fingerprint density at radius 1 is 0.946 bits per heavy atom. The molecular formula is C30H31NO6. The molecule has 2 N–H and O–H groups in total. The molecule has 192 valence electrons. The number of aliphatic hydroxyl groups is 1. The number of nitrogens with zero attached hydrogens (tertiary/aromatic N) is 1. The van der Waals surface area contributed by atoms with Gasteiger partial charge >= 0.3 is 0 Å². The van der Waals surface area contributed by atoms with Gasteiger partial charge in [0.25, 0.3) is 11.7 Å². The van der Waals surface area contributed by atoms with Gasteiger partial charge in [0.15, 0.2) is 11.5 Å². The van der Waals surface area contributed by atoms with Crippen LogP contribution in [0.3, 0.4) is 0 Å². The van der Waals surface area contributed by atoms with Gasteiger partial charge in [-0.25, -0.2) is 0 Å². The van der Waals surface area contributed by atoms with Crippen LogP contribution in [0.15, 0.2) is 78.4 Å². The van der Waals surface area contributed by atoms with E-state index in [0.29, 0.717) is 36.5 Å². The van der Waals surface area contributed by atoms with Crippen molar-refractivity contribution in [2.75, 3.05) is 19.8 Å². The molecule has 1 unspecified atom stereocenters. The van der Waals surface area contributed by atoms with E-state index in [2.05, 4.69) is 0 Å². The number of aromatic hydroxyl groups is 1. The molecule has 0 aliphatic carbocycles. The molecular weight excluding hydrogens is 470 g/mol. The molecule has 3 aromatic carbocycles. The van der Waals surface area contributed by atoms with Crippen LogP contribution in [0.4, 0.5) is 0 Å². The average molecular weight is 502 g/mol. The van der Waals surface area contributed by atoms with E-state index in [-0.39, 0.29) is 29.4 Å². The summed E-state index contributed by atoms with van der Waals surface area (Å²) in [6.07, 6.45) is 1.35. The minimum Gasteiger partial charge on any atom is -0.507 e. The largest absolute Gasteiger partial charge is 0.507 e. The van der Waals surface area contributed by atoms with E-state index >= 15 is 0 Å². The lowest BCUT2D eigenvalue weighted by atomic mass is 9.94. The summed E-state index contributed by atoms with van der Waals surface area (Å²) in [6.45, 7) is 4.90. The lowest BCUT2D eigenvalue weighted by Gasteiger charge is -2.26. The van der Waals surface area contributed by atoms with E-state index in [4.69, 9.17) is 9.47 Å². The Morgan fingerprint density at radius 2 is 1.73 bits per heavy atom. The molecule has 3 aromatic rings. The van der Waals surface area contributed by atoms with Gasteiger partial charge < -0.3 is 24.6 Å². The predicted octanol–water partition coefficient (Wildman–Crippen LogP) is 5.24. The molecule has 0 saturated carbocycles. The zero-order chi connectivity index (χ0) is 26.4. The number of hydrogen-bond donors (Lipinski definition) is 2. The van der Waals surface area contributed by atoms with Crippen LogP contribution in [0.5, 0.6) is 17.2 Å². The third kappa shape index (κ3) is 5.61. The fraction of sp³-hybridized carbons (Fsp3) is 0.267. The minimum atomic E-state index is -0.858. The van der Waals surface area contributed by atoms with Crippen molar-refractivity contribution in [3.05, 3.63) is 95.1 Å². The Morgan fingerprint density at radius 3 is 2.46 bits per heavy atom. The summed E-state index contributed by atoms with van der Waals surface area (Å²) in [7, 11) is 0. The third-order valence-electron chi connectivity index (χ3n) is 6.20. The number of phenols is 1. The standard InChI is InChI=1S/C30H31NO6/c1-3-17-37-23-12-8-11-22(18-23)28(33)26-27(21-13-14-24(32)25(19-21)36-4-2)31(30(35)29(26)34)16-15-20-9-6-5-7-10-20/h5-14,18-19,27,32-33H,3-4,15-17H2,1-2H3/b28-26+. The number of carbonyl (C=O) groups is 2. The van der Waals surface area contributed by atoms with Crippen LogP contribution < -0.4 is 9.47 Å². The SMILES string of the molecule is CCCOc1cccc(/C(O)=C2\C(=O)C(=O)N(CCc3ccccc3)C2c2ccc(O)c(OCC)c2)c1. The highest BCUT2D eigenvalue weighted by molar-refractivity contribution is 6.46. The van der Waals surface area contributed by atoms with E-state index in [0.717, 1.165) is 12.0 Å². The van der Waals surface area contributed by atoms with E-state index in [1.165, 1.54) is 11.0 Å². The van der Waals surface area contributed by atoms with Crippen LogP contribution >= 0.6 is 0 Å². The first-order chi connectivity index (χ1) is 17.9. The lowest BCUT2D eigenvalue weighted by molar-refractivity contribution is -0.139. The Hall–Kier alpha value is -4.26. The molecule has 1 heterocycles. The molecule has 1 amide bonds. The van der Waals surface area contributed by atoms with Crippen molar-refractivity contribution >= 4 is 17.4 Å². The van der Waals surface area contributed by atoms with Crippen LogP contribution in [-0.4, -0.2) is 46.6 Å². The molecule has 1 aliphatic rings. The fourth-order valence-electron chi connectivity index (χ4n) is 4.43. The number of ether oxygens (including phenoxy) is 2. The molecule has 0 radical (unpaired) electrons. The first-order valence-electron chi connectivity index (χ1n) is 12.5. The van der Waals surface area contributed by atoms with Crippen molar-refractivity contribution in [3.63, 3.8) is 0 Å². The zero-order valence-corrected chi connectivity index (χ0v) is 21.0. The minimum absolute atomic E-state index is 0.0150. The molecule has 37 heavy (non-hydrogen) atoms. The van der Waals surface area contributed by atoms with Crippen LogP contribution in [0.2, 0.25) is 0 Å². The smallest absolute Gasteiger partial charge is 0.295 e. The number of likely N-dealkylation sites (tertiary alicyclic amines) is 1. The number of carbonyl (C=O) groups excluding carboxylic acids is 2. The molecule has 4 rings (SSSR count). The molecule has 1 aliphatic heterocycles. The normalized spacial score (nSPS) is 16.7. The average Bonchev–Trinajstić information content (AvgIpc) is 3.17. The number of aliphatic hydroxyl groups excluding tert-OH is 1. The van der Waals surface area contributed by atoms with Gasteiger partial charge in [0.2, 0.25) is 0 Å². The maximum Gasteiger partial charge on any atom is 0.295 e. The second kappa shape index (κ2) is 11.6. The summed E-state index contributed by atoms with van der Waals surface area (Å²) in [5.41, 5.74) is 1.93. The number of rotatable bonds is 10. The summed E-state index contributed by atoms with van der Waals surface area (Å²) in [5.74, 6) is -0.979. The quantitative estimate of drug-likeness (QED) is 0.224. The molecule has 1 atom stereocenters. The van der Waals surface area contributed by atoms with Gasteiger partial charge in [-0.15, -0.1) is 0 Å². The zero-order valence-electron chi connectivity index (χ0n) is 21.0. The third-order valence-corrected chi connectivity index (χ3v) is 6.20. The van der Waals surface area contributed by atoms with E-state index < -0.39 is 17.7 Å². The summed E-state index contributed by atoms with van der Waals surface area (Å²) in [6, 6.07) is 20.4. The van der Waals surface area contributed by atoms with Crippen molar-refractivity contribution in [2.24, 2.45) is 0 Å². The van der Waals surface area contributed by atoms with Gasteiger partial charge in [-0.2, -0.15) is 0 Å². The van der Waals surface area contributed by atoms with Gasteiger partial charge in [0.05, 0.1) is 24.8 Å². The Bertz CT molecular complexity index is 1300. The molecule has 0 aromatic heterocycles. The van der Waals surface area contributed by atoms with Crippen LogP contribution in [0.1, 0.15) is 43.0 Å². The van der Waals surface area contributed by atoms with E-state index in [1.54, 1.807) is 43.3 Å². The highest BCUT2D eigenvalue weighted by atomic mass is 16.5. The first kappa shape index (κ1) is 25.8. The lowest BCUT2D eigenvalue weighted by Crippen LogP contribution is -2.31. The van der Waals surface area contributed by atoms with Gasteiger partial charge in [-0.3, -0.25) is 9.59 Å². The molecule has 1 fully saturated rings. The summed E-state index contributed by atoms with van der Waals surface area (Å²) in [4.78, 5) is 28.1. The van der Waals surface area contributed by atoms with Crippen LogP contribution in [0.25, 0.3) is 5.76 Å². The maximum absolute atomic E-state index is 13.3. The molecule has 1 saturated heterocycles. The van der Waals surface area contributed by atoms with E-state index in [9.17, 15) is 19.8 Å². The number of Topliss-reactive ketones (excluding diaryl/α,β-unsaturated/α-hetero) is 1. The topological polar surface area (TPSA) is 96.3 Å². The molecule has 0 spiro atoms. The summed E-state index contributed by atoms with van der Waals surface area (Å²) >= 11 is 0. The van der Waals surface area contributed by atoms with E-state index in [1.807, 2.05) is 37.3 Å². The Balaban J connectivity index is 1.80. The highest BCUT2D eigenvalue weighted by Gasteiger charge is 2.46. The van der Waals surface area contributed by atoms with Crippen molar-refractivity contribution in [1.82, 2.24) is 4.90 Å². The summed E-state index contributed by atoms with van der Waals surface area (Å²) in [5, 5.41) is 21.6. The van der Waals surface area contributed by atoms with Crippen LogP contribution in [0, 0.1) is 0 Å². The fourth-order valence-corrected chi connectivity index (χ4v) is 4.43. The first-order valence-corrected chi connectivity index (χ1v) is 12.5. The van der Waals surface area contributed by atoms with Crippen LogP contribution in [-0.2, 0) is 16.0 Å². The van der Waals surface area contributed by atoms with Gasteiger partial charge in [-0.1, -0.05) is 55.5 Å². The van der Waals surface area contributed by atoms with Gasteiger partial charge in [0, 0.05) is 12.1 Å². The highest BCUT2D eigenvalue weighted by Crippen LogP contribution is 2.42. The maximum atomic E-state index is 13.3. The number of amides is 1.